The summed E-state index contributed by atoms with van der Waals surface area (Å²) in [4.78, 5) is 26.7. The van der Waals surface area contributed by atoms with Crippen LogP contribution in [-0.4, -0.2) is 33.0 Å². The van der Waals surface area contributed by atoms with Crippen LogP contribution >= 0.6 is 11.3 Å². The van der Waals surface area contributed by atoms with Gasteiger partial charge in [0.1, 0.15) is 0 Å². The van der Waals surface area contributed by atoms with Crippen molar-refractivity contribution in [2.24, 2.45) is 7.05 Å². The van der Waals surface area contributed by atoms with Gasteiger partial charge in [-0.15, -0.1) is 11.3 Å². The minimum Gasteiger partial charge on any atom is -0.343 e. The lowest BCUT2D eigenvalue weighted by molar-refractivity contribution is -0.148. The van der Waals surface area contributed by atoms with E-state index in [-0.39, 0.29) is 12.6 Å². The van der Waals surface area contributed by atoms with Crippen molar-refractivity contribution >= 4 is 23.2 Å². The Bertz CT molecular complexity index is 830. The first-order valence-electron chi connectivity index (χ1n) is 8.47. The van der Waals surface area contributed by atoms with Gasteiger partial charge in [0.15, 0.2) is 0 Å². The maximum atomic E-state index is 12.6. The molecule has 3 rings (SSSR count). The first kappa shape index (κ1) is 19.4. The Morgan fingerprint density at radius 2 is 2.15 bits per heavy atom. The number of hydrogen-bond acceptors (Lipinski definition) is 4. The number of carbonyl (C=O) groups excluding carboxylic acids is 2. The average Bonchev–Trinajstić information content (AvgIpc) is 3.28. The monoisotopic (exact) mass is 400 g/mol. The maximum absolute atomic E-state index is 12.6. The van der Waals surface area contributed by atoms with E-state index in [0.29, 0.717) is 11.4 Å². The number of likely N-dealkylation sites (tertiary alicyclic amines) is 1. The average molecular weight is 400 g/mol. The summed E-state index contributed by atoms with van der Waals surface area (Å²) in [6, 6.07) is 0.763. The van der Waals surface area contributed by atoms with Gasteiger partial charge >= 0.3 is 18.0 Å². The van der Waals surface area contributed by atoms with Gasteiger partial charge in [-0.05, 0) is 25.3 Å². The van der Waals surface area contributed by atoms with Crippen LogP contribution in [0.1, 0.15) is 41.3 Å². The molecule has 1 fully saturated rings. The van der Waals surface area contributed by atoms with Crippen LogP contribution in [0.5, 0.6) is 0 Å². The molecule has 2 amide bonds. The van der Waals surface area contributed by atoms with Crippen molar-refractivity contribution in [2.45, 2.75) is 38.0 Å². The molecule has 3 heterocycles. The molecule has 0 radical (unpaired) electrons. The van der Waals surface area contributed by atoms with E-state index in [1.807, 2.05) is 6.20 Å². The molecule has 0 aromatic carbocycles. The zero-order valence-electron chi connectivity index (χ0n) is 14.6. The van der Waals surface area contributed by atoms with Gasteiger partial charge in [0.2, 0.25) is 0 Å². The summed E-state index contributed by atoms with van der Waals surface area (Å²) < 4.78 is 39.5. The summed E-state index contributed by atoms with van der Waals surface area (Å²) in [5.74, 6) is -1.48. The molecule has 2 aromatic rings. The highest BCUT2D eigenvalue weighted by Crippen LogP contribution is 2.33. The molecule has 0 aliphatic carbocycles. The van der Waals surface area contributed by atoms with E-state index < -0.39 is 23.6 Å². The van der Waals surface area contributed by atoms with Crippen LogP contribution in [0, 0.1) is 0 Å². The lowest BCUT2D eigenvalue weighted by Gasteiger charge is -2.34. The fraction of sp³-hybridized carbons (Fsp3) is 0.471. The van der Waals surface area contributed by atoms with Crippen LogP contribution in [0.15, 0.2) is 23.8 Å². The molecule has 27 heavy (non-hydrogen) atoms. The number of hydrogen-bond donors (Lipinski definition) is 1. The third-order valence-corrected chi connectivity index (χ3v) is 5.41. The third-order valence-electron chi connectivity index (χ3n) is 4.47. The van der Waals surface area contributed by atoms with Gasteiger partial charge in [0, 0.05) is 35.6 Å². The molecule has 1 saturated heterocycles. The van der Waals surface area contributed by atoms with Crippen molar-refractivity contribution in [1.82, 2.24) is 20.0 Å². The molecule has 1 aliphatic heterocycles. The molecule has 10 heteroatoms. The number of aromatic nitrogens is 2. The van der Waals surface area contributed by atoms with Crippen molar-refractivity contribution in [2.75, 3.05) is 6.54 Å². The summed E-state index contributed by atoms with van der Waals surface area (Å²) >= 11 is 0.895. The van der Waals surface area contributed by atoms with Gasteiger partial charge in [0.25, 0.3) is 0 Å². The molecule has 6 nitrogen and oxygen atoms in total. The van der Waals surface area contributed by atoms with Crippen LogP contribution in [0.4, 0.5) is 13.2 Å². The van der Waals surface area contributed by atoms with E-state index in [0.717, 1.165) is 47.6 Å². The second kappa shape index (κ2) is 7.71. The number of carbonyl (C=O) groups is 2. The summed E-state index contributed by atoms with van der Waals surface area (Å²) in [5.41, 5.74) is 0.113. The summed E-state index contributed by atoms with van der Waals surface area (Å²) in [7, 11) is 1.78. The highest BCUT2D eigenvalue weighted by molar-refractivity contribution is 7.10. The molecule has 146 valence electrons. The van der Waals surface area contributed by atoms with E-state index in [1.165, 1.54) is 4.90 Å². The molecule has 0 spiro atoms. The van der Waals surface area contributed by atoms with Crippen LogP contribution in [0.2, 0.25) is 0 Å². The second-order valence-corrected chi connectivity index (χ2v) is 7.44. The molecule has 1 atom stereocenters. The van der Waals surface area contributed by atoms with Crippen LogP contribution in [-0.2, 0) is 29.4 Å². The van der Waals surface area contributed by atoms with Gasteiger partial charge in [-0.3, -0.25) is 14.3 Å². The number of thiophene rings is 1. The quantitative estimate of drug-likeness (QED) is 0.806. The molecule has 1 aliphatic rings. The summed E-state index contributed by atoms with van der Waals surface area (Å²) in [5, 5.41) is 7.54. The number of alkyl halides is 3. The molecule has 2 aromatic heterocycles. The summed E-state index contributed by atoms with van der Waals surface area (Å²) in [6.07, 6.45) is 1.57. The Hall–Kier alpha value is -2.36. The lowest BCUT2D eigenvalue weighted by Crippen LogP contribution is -2.46. The number of aryl methyl sites for hydroxylation is 1. The minimum atomic E-state index is -4.42. The van der Waals surface area contributed by atoms with Gasteiger partial charge in [-0.2, -0.15) is 18.3 Å². The van der Waals surface area contributed by atoms with E-state index in [9.17, 15) is 22.8 Å². The highest BCUT2D eigenvalue weighted by Gasteiger charge is 2.33. The molecule has 1 unspecified atom stereocenters. The maximum Gasteiger partial charge on any atom is 0.417 e. The van der Waals surface area contributed by atoms with Crippen LogP contribution < -0.4 is 5.32 Å². The van der Waals surface area contributed by atoms with E-state index in [4.69, 9.17) is 0 Å². The Kier molecular flexibility index (Phi) is 5.54. The highest BCUT2D eigenvalue weighted by atomic mass is 32.1. The van der Waals surface area contributed by atoms with Crippen molar-refractivity contribution in [3.8, 4) is 0 Å². The Morgan fingerprint density at radius 1 is 1.37 bits per heavy atom. The smallest absolute Gasteiger partial charge is 0.343 e. The number of piperidine rings is 1. The number of nitrogens with one attached hydrogen (secondary N) is 1. The van der Waals surface area contributed by atoms with Crippen LogP contribution in [0.25, 0.3) is 0 Å². The first-order valence-corrected chi connectivity index (χ1v) is 9.35. The molecular formula is C17H19F3N4O2S. The van der Waals surface area contributed by atoms with Gasteiger partial charge in [0.05, 0.1) is 24.3 Å². The fourth-order valence-electron chi connectivity index (χ4n) is 3.13. The van der Waals surface area contributed by atoms with Crippen LogP contribution in [0.3, 0.4) is 0 Å². The molecule has 0 bridgehead atoms. The Labute approximate surface area is 158 Å². The predicted molar refractivity (Wildman–Crippen MR) is 92.7 cm³/mol. The zero-order valence-corrected chi connectivity index (χ0v) is 15.4. The van der Waals surface area contributed by atoms with Crippen molar-refractivity contribution < 1.29 is 22.8 Å². The van der Waals surface area contributed by atoms with Gasteiger partial charge < -0.3 is 10.2 Å². The zero-order chi connectivity index (χ0) is 19.6. The summed E-state index contributed by atoms with van der Waals surface area (Å²) in [6.45, 7) is 0.347. The minimum absolute atomic E-state index is 0.114. The van der Waals surface area contributed by atoms with E-state index in [1.54, 1.807) is 17.9 Å². The standard InChI is InChI=1S/C17H19F3N4O2S/c1-23-9-11(7-22-23)14-4-2-3-5-24(14)16(26)15(25)21-8-13-6-12(10-27-13)17(18,19)20/h6-7,9-10,14H,2-5,8H2,1H3,(H,21,25). The third kappa shape index (κ3) is 4.49. The van der Waals surface area contributed by atoms with E-state index >= 15 is 0 Å². The Morgan fingerprint density at radius 3 is 2.78 bits per heavy atom. The molecule has 0 saturated carbocycles. The number of amides is 2. The lowest BCUT2D eigenvalue weighted by atomic mass is 9.97. The predicted octanol–water partition coefficient (Wildman–Crippen LogP) is 2.87. The fourth-order valence-corrected chi connectivity index (χ4v) is 3.96. The van der Waals surface area contributed by atoms with Gasteiger partial charge in [-0.1, -0.05) is 0 Å². The normalized spacial score (nSPS) is 17.8. The first-order chi connectivity index (χ1) is 12.8. The number of halogens is 3. The molecule has 1 N–H and O–H groups in total. The topological polar surface area (TPSA) is 67.2 Å². The van der Waals surface area contributed by atoms with Crippen molar-refractivity contribution in [3.63, 3.8) is 0 Å². The SMILES string of the molecule is Cn1cc(C2CCCCN2C(=O)C(=O)NCc2cc(C(F)(F)F)cs2)cn1. The number of nitrogens with zero attached hydrogens (tertiary/aromatic N) is 3. The van der Waals surface area contributed by atoms with E-state index in [2.05, 4.69) is 10.4 Å². The van der Waals surface area contributed by atoms with Crippen molar-refractivity contribution in [3.05, 3.63) is 39.8 Å². The number of rotatable bonds is 3. The molecular weight excluding hydrogens is 381 g/mol. The Balaban J connectivity index is 1.63. The second-order valence-electron chi connectivity index (χ2n) is 6.44. The largest absolute Gasteiger partial charge is 0.417 e. The van der Waals surface area contributed by atoms with Crippen molar-refractivity contribution in [1.29, 1.82) is 0 Å². The van der Waals surface area contributed by atoms with Gasteiger partial charge in [-0.25, -0.2) is 0 Å².